The molecular formula is C21H20F4N2O3. The SMILES string of the molecule is COc1ccc(F)c(NC(=O)C2CCC(=O)N(C)C2c2ccc(C(F)(F)F)cc2)c1. The molecule has 30 heavy (non-hydrogen) atoms. The number of alkyl halides is 3. The van der Waals surface area contributed by atoms with Crippen molar-refractivity contribution in [3.05, 3.63) is 59.4 Å². The maximum atomic E-state index is 14.1. The first-order valence-electron chi connectivity index (χ1n) is 9.19. The summed E-state index contributed by atoms with van der Waals surface area (Å²) in [5, 5.41) is 2.51. The van der Waals surface area contributed by atoms with Crippen LogP contribution in [0.5, 0.6) is 5.75 Å². The molecule has 0 bridgehead atoms. The predicted molar refractivity (Wildman–Crippen MR) is 101 cm³/mol. The van der Waals surface area contributed by atoms with Gasteiger partial charge in [0.05, 0.1) is 30.3 Å². The molecule has 2 unspecified atom stereocenters. The molecule has 1 fully saturated rings. The van der Waals surface area contributed by atoms with Gasteiger partial charge in [-0.2, -0.15) is 13.2 Å². The standard InChI is InChI=1S/C21H20F4N2O3/c1-27-18(28)10-8-15(19(27)12-3-5-13(6-4-12)21(23,24)25)20(29)26-17-11-14(30-2)7-9-16(17)22/h3-7,9,11,15,19H,8,10H2,1-2H3,(H,26,29). The molecule has 0 radical (unpaired) electrons. The van der Waals surface area contributed by atoms with Gasteiger partial charge in [-0.15, -0.1) is 0 Å². The Kier molecular flexibility index (Phi) is 6.00. The van der Waals surface area contributed by atoms with Crippen molar-refractivity contribution in [1.29, 1.82) is 0 Å². The summed E-state index contributed by atoms with van der Waals surface area (Å²) in [4.78, 5) is 26.5. The van der Waals surface area contributed by atoms with E-state index in [1.54, 1.807) is 0 Å². The first-order valence-corrected chi connectivity index (χ1v) is 9.19. The number of ether oxygens (including phenoxy) is 1. The number of benzene rings is 2. The van der Waals surface area contributed by atoms with E-state index in [2.05, 4.69) is 5.32 Å². The number of halogens is 4. The van der Waals surface area contributed by atoms with Gasteiger partial charge in [0.2, 0.25) is 11.8 Å². The fraction of sp³-hybridized carbons (Fsp3) is 0.333. The monoisotopic (exact) mass is 424 g/mol. The van der Waals surface area contributed by atoms with Gasteiger partial charge >= 0.3 is 6.18 Å². The molecule has 0 aliphatic carbocycles. The summed E-state index contributed by atoms with van der Waals surface area (Å²) in [6.07, 6.45) is -4.20. The first kappa shape index (κ1) is 21.6. The quantitative estimate of drug-likeness (QED) is 0.741. The van der Waals surface area contributed by atoms with Crippen LogP contribution in [-0.2, 0) is 15.8 Å². The van der Waals surface area contributed by atoms with Gasteiger partial charge in [-0.1, -0.05) is 12.1 Å². The highest BCUT2D eigenvalue weighted by Crippen LogP contribution is 2.38. The summed E-state index contributed by atoms with van der Waals surface area (Å²) in [5.41, 5.74) is -0.509. The van der Waals surface area contributed by atoms with Crippen molar-refractivity contribution in [2.24, 2.45) is 5.92 Å². The fourth-order valence-corrected chi connectivity index (χ4v) is 3.59. The lowest BCUT2D eigenvalue weighted by atomic mass is 9.83. The largest absolute Gasteiger partial charge is 0.497 e. The van der Waals surface area contributed by atoms with E-state index in [1.165, 1.54) is 43.3 Å². The Morgan fingerprint density at radius 3 is 2.43 bits per heavy atom. The van der Waals surface area contributed by atoms with E-state index in [9.17, 15) is 27.2 Å². The van der Waals surface area contributed by atoms with Crippen molar-refractivity contribution in [3.8, 4) is 5.75 Å². The van der Waals surface area contributed by atoms with Gasteiger partial charge in [0.15, 0.2) is 0 Å². The summed E-state index contributed by atoms with van der Waals surface area (Å²) < 4.78 is 57.8. The molecule has 2 atom stereocenters. The number of likely N-dealkylation sites (tertiary alicyclic amines) is 1. The third kappa shape index (κ3) is 4.39. The number of carbonyl (C=O) groups is 2. The number of rotatable bonds is 4. The zero-order valence-electron chi connectivity index (χ0n) is 16.3. The molecule has 1 heterocycles. The van der Waals surface area contributed by atoms with E-state index >= 15 is 0 Å². The smallest absolute Gasteiger partial charge is 0.416 e. The molecule has 3 rings (SSSR count). The normalized spacial score (nSPS) is 19.5. The third-order valence-electron chi connectivity index (χ3n) is 5.21. The number of amides is 2. The average molecular weight is 424 g/mol. The van der Waals surface area contributed by atoms with E-state index in [4.69, 9.17) is 4.74 Å². The Morgan fingerprint density at radius 2 is 1.83 bits per heavy atom. The van der Waals surface area contributed by atoms with Crippen LogP contribution >= 0.6 is 0 Å². The van der Waals surface area contributed by atoms with Crippen LogP contribution in [0.15, 0.2) is 42.5 Å². The molecule has 1 aliphatic heterocycles. The molecule has 2 aromatic rings. The van der Waals surface area contributed by atoms with Crippen molar-refractivity contribution in [2.45, 2.75) is 25.1 Å². The molecular weight excluding hydrogens is 404 g/mol. The summed E-state index contributed by atoms with van der Waals surface area (Å²) in [6.45, 7) is 0. The molecule has 160 valence electrons. The lowest BCUT2D eigenvalue weighted by Crippen LogP contribution is -2.44. The molecule has 5 nitrogen and oxygen atoms in total. The Balaban J connectivity index is 1.90. The van der Waals surface area contributed by atoms with Crippen molar-refractivity contribution < 1.29 is 31.9 Å². The molecule has 1 aliphatic rings. The zero-order valence-corrected chi connectivity index (χ0v) is 16.3. The lowest BCUT2D eigenvalue weighted by Gasteiger charge is -2.38. The van der Waals surface area contributed by atoms with Gasteiger partial charge in [-0.05, 0) is 36.2 Å². The number of carbonyl (C=O) groups excluding carboxylic acids is 2. The number of hydrogen-bond acceptors (Lipinski definition) is 3. The molecule has 2 aromatic carbocycles. The molecule has 1 saturated heterocycles. The maximum Gasteiger partial charge on any atom is 0.416 e. The summed E-state index contributed by atoms with van der Waals surface area (Å²) in [5.74, 6) is -1.84. The number of nitrogens with one attached hydrogen (secondary N) is 1. The van der Waals surface area contributed by atoms with Gasteiger partial charge in [-0.3, -0.25) is 9.59 Å². The maximum absolute atomic E-state index is 14.1. The predicted octanol–water partition coefficient (Wildman–Crippen LogP) is 4.40. The third-order valence-corrected chi connectivity index (χ3v) is 5.21. The number of anilines is 1. The Morgan fingerprint density at radius 1 is 1.17 bits per heavy atom. The molecule has 2 amide bonds. The highest BCUT2D eigenvalue weighted by atomic mass is 19.4. The van der Waals surface area contributed by atoms with Gasteiger partial charge in [0.25, 0.3) is 0 Å². The number of hydrogen-bond donors (Lipinski definition) is 1. The molecule has 0 spiro atoms. The second-order valence-electron chi connectivity index (χ2n) is 7.05. The fourth-order valence-electron chi connectivity index (χ4n) is 3.59. The minimum atomic E-state index is -4.49. The van der Waals surface area contributed by atoms with Gasteiger partial charge in [0.1, 0.15) is 11.6 Å². The Bertz CT molecular complexity index is 944. The van der Waals surface area contributed by atoms with Crippen LogP contribution in [0.25, 0.3) is 0 Å². The minimum Gasteiger partial charge on any atom is -0.497 e. The van der Waals surface area contributed by atoms with Crippen LogP contribution in [0.1, 0.15) is 30.0 Å². The number of nitrogens with zero attached hydrogens (tertiary/aromatic N) is 1. The average Bonchev–Trinajstić information content (AvgIpc) is 2.71. The van der Waals surface area contributed by atoms with Crippen molar-refractivity contribution >= 4 is 17.5 Å². The first-order chi connectivity index (χ1) is 14.1. The Labute approximate surface area is 170 Å². The van der Waals surface area contributed by atoms with E-state index in [0.717, 1.165) is 18.2 Å². The second kappa shape index (κ2) is 8.33. The highest BCUT2D eigenvalue weighted by Gasteiger charge is 2.39. The van der Waals surface area contributed by atoms with Crippen molar-refractivity contribution in [3.63, 3.8) is 0 Å². The van der Waals surface area contributed by atoms with Gasteiger partial charge in [0, 0.05) is 19.5 Å². The van der Waals surface area contributed by atoms with Crippen LogP contribution in [0.4, 0.5) is 23.2 Å². The minimum absolute atomic E-state index is 0.0786. The zero-order chi connectivity index (χ0) is 22.1. The van der Waals surface area contributed by atoms with E-state index in [1.807, 2.05) is 0 Å². The molecule has 1 N–H and O–H groups in total. The van der Waals surface area contributed by atoms with E-state index in [0.29, 0.717) is 11.3 Å². The van der Waals surface area contributed by atoms with Gasteiger partial charge < -0.3 is 15.0 Å². The van der Waals surface area contributed by atoms with Crippen molar-refractivity contribution in [1.82, 2.24) is 4.90 Å². The number of piperidine rings is 1. The van der Waals surface area contributed by atoms with Crippen LogP contribution in [0.2, 0.25) is 0 Å². The van der Waals surface area contributed by atoms with Crippen LogP contribution in [-0.4, -0.2) is 30.9 Å². The van der Waals surface area contributed by atoms with Crippen LogP contribution < -0.4 is 10.1 Å². The van der Waals surface area contributed by atoms with E-state index < -0.39 is 35.4 Å². The van der Waals surface area contributed by atoms with Crippen LogP contribution in [0.3, 0.4) is 0 Å². The number of methoxy groups -OCH3 is 1. The Hall–Kier alpha value is -3.10. The van der Waals surface area contributed by atoms with Crippen molar-refractivity contribution in [2.75, 3.05) is 19.5 Å². The lowest BCUT2D eigenvalue weighted by molar-refractivity contribution is -0.140. The summed E-state index contributed by atoms with van der Waals surface area (Å²) in [7, 11) is 2.90. The molecule has 0 aromatic heterocycles. The topological polar surface area (TPSA) is 58.6 Å². The highest BCUT2D eigenvalue weighted by molar-refractivity contribution is 5.95. The second-order valence-corrected chi connectivity index (χ2v) is 7.05. The summed E-state index contributed by atoms with van der Waals surface area (Å²) >= 11 is 0. The van der Waals surface area contributed by atoms with E-state index in [-0.39, 0.29) is 24.4 Å². The summed E-state index contributed by atoms with van der Waals surface area (Å²) in [6, 6.07) is 7.46. The van der Waals surface area contributed by atoms with Crippen LogP contribution in [0, 0.1) is 11.7 Å². The van der Waals surface area contributed by atoms with Gasteiger partial charge in [-0.25, -0.2) is 4.39 Å². The molecule has 9 heteroatoms. The molecule has 0 saturated carbocycles.